The first-order chi connectivity index (χ1) is 5.77. The molecule has 2 unspecified atom stereocenters. The summed E-state index contributed by atoms with van der Waals surface area (Å²) in [5, 5.41) is 3.35. The molecule has 2 heterocycles. The van der Waals surface area contributed by atoms with Gasteiger partial charge in [0.05, 0.1) is 0 Å². The van der Waals surface area contributed by atoms with Gasteiger partial charge in [-0.25, -0.2) is 0 Å². The fourth-order valence-electron chi connectivity index (χ4n) is 1.95. The first-order valence-electron chi connectivity index (χ1n) is 4.78. The summed E-state index contributed by atoms with van der Waals surface area (Å²) in [5.41, 5.74) is 0. The minimum absolute atomic E-state index is 0.231. The number of hydrogen-bond acceptors (Lipinski definition) is 2. The van der Waals surface area contributed by atoms with Gasteiger partial charge in [-0.2, -0.15) is 0 Å². The van der Waals surface area contributed by atoms with Crippen LogP contribution in [0.4, 0.5) is 0 Å². The normalized spacial score (nSPS) is 31.4. The Labute approximate surface area is 74.1 Å². The van der Waals surface area contributed by atoms with Crippen LogP contribution in [0.5, 0.6) is 0 Å². The molecule has 12 heavy (non-hydrogen) atoms. The van der Waals surface area contributed by atoms with Crippen LogP contribution < -0.4 is 5.32 Å². The van der Waals surface area contributed by atoms with Crippen molar-refractivity contribution in [2.75, 3.05) is 13.1 Å². The van der Waals surface area contributed by atoms with Crippen molar-refractivity contribution < 1.29 is 4.79 Å². The number of amides is 1. The zero-order chi connectivity index (χ0) is 9.14. The van der Waals surface area contributed by atoms with Gasteiger partial charge in [0, 0.05) is 32.1 Å². The Morgan fingerprint density at radius 1 is 1.50 bits per heavy atom. The highest BCUT2D eigenvalue weighted by Crippen LogP contribution is 2.22. The van der Waals surface area contributed by atoms with Crippen molar-refractivity contribution in [3.8, 4) is 0 Å². The van der Waals surface area contributed by atoms with E-state index in [-0.39, 0.29) is 5.91 Å². The number of piperazine rings is 1. The quantitative estimate of drug-likeness (QED) is 0.577. The van der Waals surface area contributed by atoms with E-state index in [0.29, 0.717) is 12.1 Å². The Bertz CT molecular complexity index is 170. The monoisotopic (exact) mass is 170 g/mol. The van der Waals surface area contributed by atoms with Crippen molar-refractivity contribution in [1.29, 1.82) is 0 Å². The molecule has 0 aromatic rings. The topological polar surface area (TPSA) is 32.3 Å². The predicted octanol–water partition coefficient (Wildman–Crippen LogP) is 0.605. The van der Waals surface area contributed by atoms with Gasteiger partial charge in [-0.3, -0.25) is 4.79 Å². The number of nitrogens with zero attached hydrogens (tertiary/aromatic N) is 1. The van der Waals surface area contributed by atoms with Crippen molar-refractivity contribution in [1.82, 2.24) is 10.2 Å². The molecule has 3 heteroatoms. The fourth-order valence-corrected chi connectivity index (χ4v) is 1.95. The summed E-state index contributed by atoms with van der Waals surface area (Å²) >= 11 is 0. The fraction of sp³-hybridized carbons (Fsp3) is 0.889. The van der Waals surface area contributed by atoms with Crippen LogP contribution in [0.1, 0.15) is 27.2 Å². The molecule has 2 atom stereocenters. The molecule has 0 aliphatic carbocycles. The summed E-state index contributed by atoms with van der Waals surface area (Å²) in [4.78, 5) is 12.9. The second-order valence-electron chi connectivity index (χ2n) is 3.17. The van der Waals surface area contributed by atoms with Gasteiger partial charge in [0.25, 0.3) is 0 Å². The Kier molecular flexibility index (Phi) is 3.09. The molecule has 0 aromatic carbocycles. The molecule has 2 saturated heterocycles. The molecule has 0 aromatic heterocycles. The average molecular weight is 170 g/mol. The molecule has 2 fully saturated rings. The molecule has 2 bridgehead atoms. The maximum absolute atomic E-state index is 10.9. The molecule has 0 saturated carbocycles. The Morgan fingerprint density at radius 3 is 2.42 bits per heavy atom. The lowest BCUT2D eigenvalue weighted by atomic mass is 10.2. The van der Waals surface area contributed by atoms with Crippen LogP contribution in [0.2, 0.25) is 0 Å². The lowest BCUT2D eigenvalue weighted by Crippen LogP contribution is -2.45. The Morgan fingerprint density at radius 2 is 2.17 bits per heavy atom. The molecule has 3 nitrogen and oxygen atoms in total. The van der Waals surface area contributed by atoms with E-state index in [1.54, 1.807) is 6.92 Å². The third kappa shape index (κ3) is 1.61. The summed E-state index contributed by atoms with van der Waals surface area (Å²) < 4.78 is 0. The molecule has 2 aliphatic rings. The third-order valence-corrected chi connectivity index (χ3v) is 2.46. The molecular weight excluding hydrogens is 152 g/mol. The SMILES string of the molecule is CC.CC(=O)N1CC2CC1CN2. The van der Waals surface area contributed by atoms with E-state index in [2.05, 4.69) is 5.32 Å². The van der Waals surface area contributed by atoms with Crippen LogP contribution in [0.15, 0.2) is 0 Å². The van der Waals surface area contributed by atoms with E-state index in [1.807, 2.05) is 18.7 Å². The van der Waals surface area contributed by atoms with Crippen LogP contribution in [0.3, 0.4) is 0 Å². The highest BCUT2D eigenvalue weighted by atomic mass is 16.2. The number of carbonyl (C=O) groups is 1. The number of likely N-dealkylation sites (tertiary alicyclic amines) is 1. The second kappa shape index (κ2) is 3.90. The molecule has 2 aliphatic heterocycles. The molecule has 1 amide bonds. The smallest absolute Gasteiger partial charge is 0.219 e. The van der Waals surface area contributed by atoms with E-state index in [9.17, 15) is 4.79 Å². The highest BCUT2D eigenvalue weighted by Gasteiger charge is 2.38. The number of fused-ring (bicyclic) bond motifs is 2. The third-order valence-electron chi connectivity index (χ3n) is 2.46. The van der Waals surface area contributed by atoms with Gasteiger partial charge in [0.1, 0.15) is 0 Å². The van der Waals surface area contributed by atoms with Gasteiger partial charge in [-0.1, -0.05) is 13.8 Å². The standard InChI is InChI=1S/C7H12N2O.C2H6/c1-5(10)9-4-6-2-7(9)3-8-6;1-2/h6-8H,2-4H2,1H3;1-2H3. The summed E-state index contributed by atoms with van der Waals surface area (Å²) in [6.45, 7) is 7.59. The van der Waals surface area contributed by atoms with Gasteiger partial charge in [-0.05, 0) is 6.42 Å². The first-order valence-corrected chi connectivity index (χ1v) is 4.78. The number of carbonyl (C=O) groups excluding carboxylic acids is 1. The van der Waals surface area contributed by atoms with Crippen LogP contribution in [0, 0.1) is 0 Å². The molecule has 2 rings (SSSR count). The van der Waals surface area contributed by atoms with Crippen LogP contribution >= 0.6 is 0 Å². The van der Waals surface area contributed by atoms with E-state index in [4.69, 9.17) is 0 Å². The molecular formula is C9H18N2O. The molecule has 1 N–H and O–H groups in total. The average Bonchev–Trinajstić information content (AvgIpc) is 2.67. The van der Waals surface area contributed by atoms with Gasteiger partial charge < -0.3 is 10.2 Å². The zero-order valence-electron chi connectivity index (χ0n) is 8.13. The second-order valence-corrected chi connectivity index (χ2v) is 3.17. The summed E-state index contributed by atoms with van der Waals surface area (Å²) in [6.07, 6.45) is 1.17. The lowest BCUT2D eigenvalue weighted by molar-refractivity contribution is -0.130. The van der Waals surface area contributed by atoms with Gasteiger partial charge in [0.15, 0.2) is 0 Å². The van der Waals surface area contributed by atoms with E-state index < -0.39 is 0 Å². The highest BCUT2D eigenvalue weighted by molar-refractivity contribution is 5.74. The number of hydrogen-bond donors (Lipinski definition) is 1. The number of rotatable bonds is 0. The van der Waals surface area contributed by atoms with Crippen molar-refractivity contribution >= 4 is 5.91 Å². The van der Waals surface area contributed by atoms with E-state index in [0.717, 1.165) is 13.1 Å². The summed E-state index contributed by atoms with van der Waals surface area (Å²) in [6, 6.07) is 1.09. The summed E-state index contributed by atoms with van der Waals surface area (Å²) in [7, 11) is 0. The van der Waals surface area contributed by atoms with Crippen LogP contribution in [0.25, 0.3) is 0 Å². The van der Waals surface area contributed by atoms with Crippen molar-refractivity contribution in [2.45, 2.75) is 39.3 Å². The van der Waals surface area contributed by atoms with Gasteiger partial charge >= 0.3 is 0 Å². The van der Waals surface area contributed by atoms with Crippen molar-refractivity contribution in [2.24, 2.45) is 0 Å². The van der Waals surface area contributed by atoms with Crippen molar-refractivity contribution in [3.63, 3.8) is 0 Å². The molecule has 0 radical (unpaired) electrons. The number of nitrogens with one attached hydrogen (secondary N) is 1. The summed E-state index contributed by atoms with van der Waals surface area (Å²) in [5.74, 6) is 0.231. The van der Waals surface area contributed by atoms with Crippen LogP contribution in [-0.4, -0.2) is 36.0 Å². The van der Waals surface area contributed by atoms with Gasteiger partial charge in [0.2, 0.25) is 5.91 Å². The van der Waals surface area contributed by atoms with Gasteiger partial charge in [-0.15, -0.1) is 0 Å². The largest absolute Gasteiger partial charge is 0.337 e. The maximum atomic E-state index is 10.9. The Balaban J connectivity index is 0.000000336. The minimum atomic E-state index is 0.231. The maximum Gasteiger partial charge on any atom is 0.219 e. The first kappa shape index (κ1) is 9.52. The molecule has 70 valence electrons. The minimum Gasteiger partial charge on any atom is -0.337 e. The molecule has 0 spiro atoms. The van der Waals surface area contributed by atoms with E-state index >= 15 is 0 Å². The zero-order valence-corrected chi connectivity index (χ0v) is 8.13. The lowest BCUT2D eigenvalue weighted by Gasteiger charge is -2.25. The Hall–Kier alpha value is -0.570. The van der Waals surface area contributed by atoms with Crippen molar-refractivity contribution in [3.05, 3.63) is 0 Å². The predicted molar refractivity (Wildman–Crippen MR) is 48.9 cm³/mol. The van der Waals surface area contributed by atoms with Crippen LogP contribution in [-0.2, 0) is 4.79 Å². The van der Waals surface area contributed by atoms with E-state index in [1.165, 1.54) is 6.42 Å².